The third-order valence-corrected chi connectivity index (χ3v) is 11.4. The van der Waals surface area contributed by atoms with E-state index in [-0.39, 0.29) is 0 Å². The van der Waals surface area contributed by atoms with E-state index >= 15 is 0 Å². The van der Waals surface area contributed by atoms with Crippen molar-refractivity contribution in [3.8, 4) is 33.4 Å². The number of halogens is 1. The molecule has 11 rings (SSSR count). The van der Waals surface area contributed by atoms with Gasteiger partial charge < -0.3 is 0 Å². The van der Waals surface area contributed by atoms with Gasteiger partial charge in [0.25, 0.3) is 0 Å². The average Bonchev–Trinajstić information content (AvgIpc) is 3.61. The lowest BCUT2D eigenvalue weighted by Crippen LogP contribution is -2.26. The summed E-state index contributed by atoms with van der Waals surface area (Å²) in [5.41, 5.74) is 12.7. The molecule has 0 saturated heterocycles. The molecular formula is C47H27Cl. The van der Waals surface area contributed by atoms with Gasteiger partial charge in [-0.2, -0.15) is 0 Å². The SMILES string of the molecule is Clc1ccc(-c2cc3c(c4ccccc24)-c2ccccc2C32c3cc4ccccc4cc3-c3c2ccc2ccccc32)c2ccccc12. The first kappa shape index (κ1) is 26.4. The monoisotopic (exact) mass is 626 g/mol. The largest absolute Gasteiger partial charge is 0.0837 e. The van der Waals surface area contributed by atoms with Crippen LogP contribution in [0.4, 0.5) is 0 Å². The predicted octanol–water partition coefficient (Wildman–Crippen LogP) is 13.0. The average molecular weight is 627 g/mol. The van der Waals surface area contributed by atoms with Gasteiger partial charge in [0.15, 0.2) is 0 Å². The number of rotatable bonds is 1. The van der Waals surface area contributed by atoms with Crippen molar-refractivity contribution >= 4 is 54.7 Å². The molecule has 1 heteroatoms. The Morgan fingerprint density at radius 1 is 0.312 bits per heavy atom. The van der Waals surface area contributed by atoms with Crippen molar-refractivity contribution in [2.24, 2.45) is 0 Å². The Morgan fingerprint density at radius 3 is 1.73 bits per heavy atom. The summed E-state index contributed by atoms with van der Waals surface area (Å²) < 4.78 is 0. The molecule has 1 spiro atoms. The van der Waals surface area contributed by atoms with E-state index in [1.54, 1.807) is 0 Å². The molecule has 1 unspecified atom stereocenters. The highest BCUT2D eigenvalue weighted by molar-refractivity contribution is 6.36. The van der Waals surface area contributed by atoms with Crippen LogP contribution < -0.4 is 0 Å². The summed E-state index contributed by atoms with van der Waals surface area (Å²) in [6, 6.07) is 60.8. The molecule has 0 aromatic heterocycles. The maximum Gasteiger partial charge on any atom is 0.0726 e. The Morgan fingerprint density at radius 2 is 0.917 bits per heavy atom. The van der Waals surface area contributed by atoms with Gasteiger partial charge in [0.05, 0.1) is 5.41 Å². The number of benzene rings is 9. The third kappa shape index (κ3) is 3.21. The Bertz CT molecular complexity index is 2860. The second-order valence-electron chi connectivity index (χ2n) is 13.3. The molecule has 0 amide bonds. The maximum atomic E-state index is 6.80. The van der Waals surface area contributed by atoms with Crippen molar-refractivity contribution in [1.82, 2.24) is 0 Å². The van der Waals surface area contributed by atoms with Crippen LogP contribution in [0, 0.1) is 0 Å². The van der Waals surface area contributed by atoms with Gasteiger partial charge in [-0.1, -0.05) is 151 Å². The minimum Gasteiger partial charge on any atom is -0.0837 e. The van der Waals surface area contributed by atoms with Gasteiger partial charge in [0.2, 0.25) is 0 Å². The van der Waals surface area contributed by atoms with Crippen LogP contribution in [-0.2, 0) is 5.41 Å². The number of hydrogen-bond acceptors (Lipinski definition) is 0. The normalized spacial score (nSPS) is 15.7. The van der Waals surface area contributed by atoms with Crippen molar-refractivity contribution in [2.75, 3.05) is 0 Å². The van der Waals surface area contributed by atoms with Crippen LogP contribution in [0.1, 0.15) is 22.3 Å². The minimum absolute atomic E-state index is 0.480. The van der Waals surface area contributed by atoms with Crippen LogP contribution in [0.3, 0.4) is 0 Å². The zero-order valence-electron chi connectivity index (χ0n) is 26.0. The van der Waals surface area contributed by atoms with Crippen molar-refractivity contribution < 1.29 is 0 Å². The van der Waals surface area contributed by atoms with Crippen LogP contribution >= 0.6 is 11.6 Å². The highest BCUT2D eigenvalue weighted by atomic mass is 35.5. The molecule has 2 aliphatic rings. The van der Waals surface area contributed by atoms with E-state index in [4.69, 9.17) is 11.6 Å². The van der Waals surface area contributed by atoms with E-state index in [9.17, 15) is 0 Å². The van der Waals surface area contributed by atoms with Crippen LogP contribution in [0.25, 0.3) is 76.5 Å². The molecule has 2 aliphatic carbocycles. The molecule has 0 fully saturated rings. The number of hydrogen-bond donors (Lipinski definition) is 0. The lowest BCUT2D eigenvalue weighted by molar-refractivity contribution is 0.796. The molecule has 0 nitrogen and oxygen atoms in total. The Balaban J connectivity index is 1.37. The van der Waals surface area contributed by atoms with E-state index in [1.807, 2.05) is 0 Å². The smallest absolute Gasteiger partial charge is 0.0726 e. The van der Waals surface area contributed by atoms with E-state index in [0.717, 1.165) is 10.4 Å². The van der Waals surface area contributed by atoms with E-state index in [1.165, 1.54) is 93.3 Å². The standard InChI is InChI=1S/C47H27Cl/c48-44-24-22-34(32-15-5-7-17-35(32)44)38-27-43-46(36-18-8-6-16-33(36)38)37-19-9-10-20-40(37)47(43)41-23-21-28-11-3-4-14-31(28)45(41)39-25-29-12-1-2-13-30(29)26-42(39)47/h1-27H. The summed E-state index contributed by atoms with van der Waals surface area (Å²) in [6.45, 7) is 0. The molecule has 9 aromatic rings. The first-order valence-corrected chi connectivity index (χ1v) is 17.0. The molecule has 0 radical (unpaired) electrons. The lowest BCUT2D eigenvalue weighted by Gasteiger charge is -2.31. The zero-order valence-corrected chi connectivity index (χ0v) is 26.7. The van der Waals surface area contributed by atoms with Crippen molar-refractivity contribution in [3.63, 3.8) is 0 Å². The molecule has 0 bridgehead atoms. The number of fused-ring (bicyclic) bond motifs is 16. The van der Waals surface area contributed by atoms with Crippen LogP contribution in [0.15, 0.2) is 164 Å². The molecule has 222 valence electrons. The first-order chi connectivity index (χ1) is 23.7. The summed E-state index contributed by atoms with van der Waals surface area (Å²) in [5, 5.41) is 10.7. The van der Waals surface area contributed by atoms with Crippen LogP contribution in [0.5, 0.6) is 0 Å². The summed E-state index contributed by atoms with van der Waals surface area (Å²) in [4.78, 5) is 0. The van der Waals surface area contributed by atoms with Gasteiger partial charge in [0, 0.05) is 10.4 Å². The molecule has 0 aliphatic heterocycles. The van der Waals surface area contributed by atoms with Crippen molar-refractivity contribution in [3.05, 3.63) is 191 Å². The third-order valence-electron chi connectivity index (χ3n) is 11.1. The van der Waals surface area contributed by atoms with E-state index in [0.29, 0.717) is 0 Å². The van der Waals surface area contributed by atoms with Crippen molar-refractivity contribution in [2.45, 2.75) is 5.41 Å². The molecule has 48 heavy (non-hydrogen) atoms. The van der Waals surface area contributed by atoms with E-state index < -0.39 is 5.41 Å². The van der Waals surface area contributed by atoms with Gasteiger partial charge >= 0.3 is 0 Å². The minimum atomic E-state index is -0.480. The first-order valence-electron chi connectivity index (χ1n) is 16.6. The van der Waals surface area contributed by atoms with Crippen LogP contribution in [-0.4, -0.2) is 0 Å². The molecule has 1 atom stereocenters. The fourth-order valence-corrected chi connectivity index (χ4v) is 9.44. The molecular weight excluding hydrogens is 600 g/mol. The van der Waals surface area contributed by atoms with Crippen LogP contribution in [0.2, 0.25) is 5.02 Å². The Hall–Kier alpha value is -5.69. The van der Waals surface area contributed by atoms with Gasteiger partial charge in [-0.05, 0) is 118 Å². The predicted molar refractivity (Wildman–Crippen MR) is 203 cm³/mol. The zero-order chi connectivity index (χ0) is 31.6. The highest BCUT2D eigenvalue weighted by Crippen LogP contribution is 2.65. The van der Waals surface area contributed by atoms with Gasteiger partial charge in [-0.3, -0.25) is 0 Å². The Kier molecular flexibility index (Phi) is 5.19. The Labute approximate surface area is 283 Å². The van der Waals surface area contributed by atoms with Gasteiger partial charge in [0.1, 0.15) is 0 Å². The van der Waals surface area contributed by atoms with Gasteiger partial charge in [-0.25, -0.2) is 0 Å². The maximum absolute atomic E-state index is 6.80. The van der Waals surface area contributed by atoms with E-state index in [2.05, 4.69) is 164 Å². The van der Waals surface area contributed by atoms with Crippen molar-refractivity contribution in [1.29, 1.82) is 0 Å². The molecule has 0 N–H and O–H groups in total. The highest BCUT2D eigenvalue weighted by Gasteiger charge is 2.52. The summed E-state index contributed by atoms with van der Waals surface area (Å²) >= 11 is 6.80. The second kappa shape index (κ2) is 9.44. The summed E-state index contributed by atoms with van der Waals surface area (Å²) in [5.74, 6) is 0. The molecule has 0 saturated carbocycles. The fourth-order valence-electron chi connectivity index (χ4n) is 9.21. The fraction of sp³-hybridized carbons (Fsp3) is 0.0213. The summed E-state index contributed by atoms with van der Waals surface area (Å²) in [7, 11) is 0. The summed E-state index contributed by atoms with van der Waals surface area (Å²) in [6.07, 6.45) is 0. The lowest BCUT2D eigenvalue weighted by atomic mass is 9.69. The quantitative estimate of drug-likeness (QED) is 0.170. The second-order valence-corrected chi connectivity index (χ2v) is 13.7. The molecule has 9 aromatic carbocycles. The van der Waals surface area contributed by atoms with Gasteiger partial charge in [-0.15, -0.1) is 0 Å². The molecule has 0 heterocycles. The topological polar surface area (TPSA) is 0 Å².